The van der Waals surface area contributed by atoms with Gasteiger partial charge >= 0.3 is 0 Å². The van der Waals surface area contributed by atoms with Crippen molar-refractivity contribution in [1.29, 1.82) is 0 Å². The monoisotopic (exact) mass is 1400 g/mol. The highest BCUT2D eigenvalue weighted by Gasteiger charge is 2.33. The van der Waals surface area contributed by atoms with E-state index in [4.69, 9.17) is 15.7 Å². The van der Waals surface area contributed by atoms with Crippen molar-refractivity contribution in [2.75, 3.05) is 20.4 Å². The second-order valence-electron chi connectivity index (χ2n) is 24.9. The molecule has 3 aliphatic heterocycles. The molecule has 0 fully saturated rings. The highest BCUT2D eigenvalue weighted by molar-refractivity contribution is 9.10. The van der Waals surface area contributed by atoms with E-state index in [0.717, 1.165) is 123 Å². The number of nitrogens with zero attached hydrogens (tertiary/aromatic N) is 7. The van der Waals surface area contributed by atoms with Crippen molar-refractivity contribution in [2.24, 2.45) is 0 Å². The number of nitrogen functional groups attached to an aromatic ring is 1. The number of imidazole rings is 2. The molecule has 3 aliphatic rings. The minimum atomic E-state index is 0.854. The van der Waals surface area contributed by atoms with Crippen LogP contribution in [0.3, 0.4) is 0 Å². The van der Waals surface area contributed by atoms with Crippen LogP contribution in [-0.4, -0.2) is 19.1 Å². The number of fused-ring (bicyclic) bond motifs is 8. The van der Waals surface area contributed by atoms with Gasteiger partial charge < -0.3 is 20.4 Å². The average Bonchev–Trinajstić information content (AvgIpc) is 1.68. The predicted octanol–water partition coefficient (Wildman–Crippen LogP) is 24.8. The molecule has 0 aliphatic carbocycles. The van der Waals surface area contributed by atoms with Crippen LogP contribution in [-0.2, 0) is 6.42 Å². The number of halogens is 2. The van der Waals surface area contributed by atoms with E-state index in [0.29, 0.717) is 0 Å². The topological polar surface area (TPSA) is 71.4 Å². The Morgan fingerprint density at radius 1 is 0.283 bits per heavy atom. The molecule has 0 bridgehead atoms. The summed E-state index contributed by atoms with van der Waals surface area (Å²) in [5.74, 6) is 1.91. The number of rotatable bonds is 7. The van der Waals surface area contributed by atoms with Crippen molar-refractivity contribution in [3.05, 3.63) is 360 Å². The molecule has 17 aromatic rings. The summed E-state index contributed by atoms with van der Waals surface area (Å²) in [6, 6.07) is 120. The molecular formula is C89H60Br2N8. The molecule has 0 atom stereocenters. The van der Waals surface area contributed by atoms with Gasteiger partial charge in [-0.3, -0.25) is 9.13 Å². The number of hydrogen-bond acceptors (Lipinski definition) is 6. The van der Waals surface area contributed by atoms with Crippen LogP contribution in [0.1, 0.15) is 11.1 Å². The minimum Gasteiger partial charge on any atom is -0.398 e. The molecule has 0 radical (unpaired) electrons. The lowest BCUT2D eigenvalue weighted by atomic mass is 9.85. The fourth-order valence-corrected chi connectivity index (χ4v) is 15.6. The average molecular weight is 1400 g/mol. The van der Waals surface area contributed by atoms with E-state index in [1.165, 1.54) is 60.6 Å². The van der Waals surface area contributed by atoms with Crippen LogP contribution in [0, 0.1) is 0 Å². The van der Waals surface area contributed by atoms with Crippen molar-refractivity contribution in [1.82, 2.24) is 19.1 Å². The van der Waals surface area contributed by atoms with Gasteiger partial charge in [0.2, 0.25) is 0 Å². The Kier molecular flexibility index (Phi) is 14.9. The second kappa shape index (κ2) is 24.8. The van der Waals surface area contributed by atoms with Gasteiger partial charge in [-0.25, -0.2) is 9.97 Å². The number of nitrogens with two attached hydrogens (primary N) is 1. The molecular weight excluding hydrogens is 1340 g/mol. The van der Waals surface area contributed by atoms with Crippen molar-refractivity contribution in [3.8, 4) is 56.4 Å². The van der Waals surface area contributed by atoms with Crippen LogP contribution in [0.4, 0.5) is 56.9 Å². The highest BCUT2D eigenvalue weighted by atomic mass is 79.9. The van der Waals surface area contributed by atoms with Crippen LogP contribution in [0.15, 0.2) is 349 Å². The lowest BCUT2D eigenvalue weighted by molar-refractivity contribution is 1.06. The van der Waals surface area contributed by atoms with E-state index in [1.54, 1.807) is 0 Å². The maximum Gasteiger partial charge on any atom is 0.145 e. The molecule has 470 valence electrons. The zero-order valence-corrected chi connectivity index (χ0v) is 56.7. The molecule has 0 saturated carbocycles. The number of hydrogen-bond donors (Lipinski definition) is 1. The summed E-state index contributed by atoms with van der Waals surface area (Å²) in [5.41, 5.74) is 33.4. The van der Waals surface area contributed by atoms with Crippen LogP contribution >= 0.6 is 31.9 Å². The molecule has 20 rings (SSSR count). The van der Waals surface area contributed by atoms with Gasteiger partial charge in [-0.15, -0.1) is 0 Å². The summed E-state index contributed by atoms with van der Waals surface area (Å²) in [6.45, 7) is 0. The fourth-order valence-electron chi connectivity index (χ4n) is 14.9. The van der Waals surface area contributed by atoms with Gasteiger partial charge in [0.1, 0.15) is 11.6 Å². The third-order valence-electron chi connectivity index (χ3n) is 19.1. The Hall–Kier alpha value is -12.1. The summed E-state index contributed by atoms with van der Waals surface area (Å²) < 4.78 is 6.78. The Balaban J connectivity index is 0.000000118. The van der Waals surface area contributed by atoms with Crippen LogP contribution in [0.2, 0.25) is 0 Å². The van der Waals surface area contributed by atoms with E-state index in [9.17, 15) is 0 Å². The van der Waals surface area contributed by atoms with E-state index in [-0.39, 0.29) is 0 Å². The predicted molar refractivity (Wildman–Crippen MR) is 419 cm³/mol. The summed E-state index contributed by atoms with van der Waals surface area (Å²) in [4.78, 5) is 17.3. The molecule has 0 amide bonds. The standard InChI is InChI=1S/C45H29N3.C25H16BrN3.C19H15BrN2/c1-4-15-30(16-5-1)42-34-21-10-12-23-36(34)43(37-24-13-11-22-35(37)42)32-27-28-39-41(29-32)47(33-19-8-3-9-20-33)40-26-14-25-38-44(40)48(39)45(46-38)31-17-6-2-7-18-31;26-18-14-15-21-23(16-18)28(19-10-5-2-6-11-19)22-13-7-12-20-24(22)29(21)25(27-20)17-8-3-1-4-9-17;20-14-10-9-13-11-16-17(21)7-4-8-18(16)22(19(13)12-14)15-5-2-1-3-6-15/h1-29H;1-16H;1-10,12H,11,21H2. The molecule has 0 spiro atoms. The first kappa shape index (κ1) is 59.4. The normalized spacial score (nSPS) is 12.3. The van der Waals surface area contributed by atoms with Crippen LogP contribution < -0.4 is 20.4 Å². The Labute approximate surface area is 590 Å². The van der Waals surface area contributed by atoms with E-state index < -0.39 is 0 Å². The molecule has 2 N–H and O–H groups in total. The van der Waals surface area contributed by atoms with Gasteiger partial charge in [-0.05, 0) is 165 Å². The van der Waals surface area contributed by atoms with Gasteiger partial charge in [0, 0.05) is 54.8 Å². The zero-order valence-electron chi connectivity index (χ0n) is 53.5. The Morgan fingerprint density at radius 2 is 0.657 bits per heavy atom. The molecule has 0 saturated heterocycles. The lowest BCUT2D eigenvalue weighted by Crippen LogP contribution is -2.19. The first-order chi connectivity index (χ1) is 48.9. The summed E-state index contributed by atoms with van der Waals surface area (Å²) in [7, 11) is 0. The minimum absolute atomic E-state index is 0.854. The Morgan fingerprint density at radius 3 is 1.14 bits per heavy atom. The van der Waals surface area contributed by atoms with Crippen LogP contribution in [0.5, 0.6) is 0 Å². The summed E-state index contributed by atoms with van der Waals surface area (Å²) in [5, 5.41) is 4.99. The van der Waals surface area contributed by atoms with E-state index in [2.05, 4.69) is 365 Å². The largest absolute Gasteiger partial charge is 0.398 e. The lowest BCUT2D eigenvalue weighted by Gasteiger charge is -2.34. The summed E-state index contributed by atoms with van der Waals surface area (Å²) >= 11 is 7.26. The van der Waals surface area contributed by atoms with Gasteiger partial charge in [0.05, 0.1) is 67.6 Å². The van der Waals surface area contributed by atoms with Gasteiger partial charge in [-0.2, -0.15) is 0 Å². The number of aromatic nitrogens is 4. The van der Waals surface area contributed by atoms with E-state index in [1.807, 2.05) is 30.3 Å². The first-order valence-corrected chi connectivity index (χ1v) is 34.8. The number of benzene rings is 15. The zero-order chi connectivity index (χ0) is 66.1. The molecule has 5 heterocycles. The van der Waals surface area contributed by atoms with Gasteiger partial charge in [-0.1, -0.05) is 256 Å². The third kappa shape index (κ3) is 10.3. The van der Waals surface area contributed by atoms with Crippen LogP contribution in [0.25, 0.3) is 100 Å². The molecule has 0 unspecified atom stereocenters. The SMILES string of the molecule is Brc1ccc2c(c1)N(c1ccccc1)c1cccc3nc(-c4ccccc4)n-2c13.Nc1cccc2c1Cc1ccc(Br)cc1N2c1ccccc1.c1ccc(-c2c3ccccc3c(-c3ccc4c(c3)N(c3ccccc3)c3cccc5nc(-c6ccccc6)n-4c35)c3ccccc23)cc1. The summed E-state index contributed by atoms with van der Waals surface area (Å²) in [6.07, 6.45) is 0.869. The number of anilines is 10. The number of para-hydroxylation sites is 5. The van der Waals surface area contributed by atoms with E-state index >= 15 is 0 Å². The highest BCUT2D eigenvalue weighted by Crippen LogP contribution is 2.53. The Bertz CT molecular complexity index is 5880. The second-order valence-corrected chi connectivity index (χ2v) is 26.7. The van der Waals surface area contributed by atoms with Gasteiger partial charge in [0.25, 0.3) is 0 Å². The van der Waals surface area contributed by atoms with Crippen molar-refractivity contribution < 1.29 is 0 Å². The van der Waals surface area contributed by atoms with Gasteiger partial charge in [0.15, 0.2) is 0 Å². The molecule has 8 nitrogen and oxygen atoms in total. The quantitative estimate of drug-likeness (QED) is 0.127. The maximum absolute atomic E-state index is 6.23. The molecule has 15 aromatic carbocycles. The van der Waals surface area contributed by atoms with Crippen molar-refractivity contribution in [2.45, 2.75) is 6.42 Å². The fraction of sp³-hybridized carbons (Fsp3) is 0.0112. The maximum atomic E-state index is 6.23. The first-order valence-electron chi connectivity index (χ1n) is 33.2. The smallest absolute Gasteiger partial charge is 0.145 e. The molecule has 2 aromatic heterocycles. The van der Waals surface area contributed by atoms with Crippen molar-refractivity contribution >= 4 is 132 Å². The molecule has 10 heteroatoms. The molecule has 99 heavy (non-hydrogen) atoms. The van der Waals surface area contributed by atoms with Crippen molar-refractivity contribution in [3.63, 3.8) is 0 Å². The third-order valence-corrected chi connectivity index (χ3v) is 20.1.